The second-order valence-corrected chi connectivity index (χ2v) is 15.2. The monoisotopic (exact) mass is 732 g/mol. The van der Waals surface area contributed by atoms with E-state index in [1.807, 2.05) is 58.0 Å². The SMILES string of the molecule is CC[C@H](C)[C@@H]([C@@H](CC(=O)N1CCCC1[C@H](OC)[C@@H](C)C(=O)NC(Cc1ccccc1)C(=O)OC)OC)N(C)C(=O)C(NC(=O)OC(C)(C)C)C(C)C. The van der Waals surface area contributed by atoms with Crippen molar-refractivity contribution in [2.75, 3.05) is 34.9 Å². The number of carbonyl (C=O) groups excluding carboxylic acids is 5. The highest BCUT2D eigenvalue weighted by Crippen LogP contribution is 2.30. The van der Waals surface area contributed by atoms with Crippen LogP contribution in [0.15, 0.2) is 30.3 Å². The highest BCUT2D eigenvalue weighted by atomic mass is 16.6. The van der Waals surface area contributed by atoms with Crippen LogP contribution in [0.5, 0.6) is 0 Å². The van der Waals surface area contributed by atoms with E-state index in [0.717, 1.165) is 12.0 Å². The third-order valence-electron chi connectivity index (χ3n) is 9.95. The Morgan fingerprint density at radius 3 is 2.12 bits per heavy atom. The molecule has 0 spiro atoms. The zero-order valence-electron chi connectivity index (χ0n) is 33.4. The van der Waals surface area contributed by atoms with E-state index in [0.29, 0.717) is 19.4 Å². The number of benzene rings is 1. The first kappa shape index (κ1) is 44.5. The fraction of sp³-hybridized carbons (Fsp3) is 0.718. The maximum absolute atomic E-state index is 14.1. The van der Waals surface area contributed by atoms with Crippen LogP contribution in [0.1, 0.15) is 86.6 Å². The normalized spacial score (nSPS) is 18.7. The Morgan fingerprint density at radius 1 is 0.962 bits per heavy atom. The minimum atomic E-state index is -0.893. The molecular formula is C39H64N4O9. The zero-order chi connectivity index (χ0) is 39.3. The number of rotatable bonds is 18. The topological polar surface area (TPSA) is 153 Å². The molecule has 1 saturated heterocycles. The van der Waals surface area contributed by atoms with Crippen LogP contribution in [-0.2, 0) is 44.5 Å². The molecule has 2 rings (SSSR count). The summed E-state index contributed by atoms with van der Waals surface area (Å²) in [5.41, 5.74) is 0.142. The van der Waals surface area contributed by atoms with Crippen molar-refractivity contribution in [2.24, 2.45) is 17.8 Å². The maximum atomic E-state index is 14.1. The summed E-state index contributed by atoms with van der Waals surface area (Å²) < 4.78 is 22.3. The van der Waals surface area contributed by atoms with Crippen LogP contribution in [0.3, 0.4) is 0 Å². The number of nitrogens with zero attached hydrogens (tertiary/aromatic N) is 2. The van der Waals surface area contributed by atoms with Gasteiger partial charge in [0.1, 0.15) is 17.7 Å². The predicted molar refractivity (Wildman–Crippen MR) is 198 cm³/mol. The Labute approximate surface area is 310 Å². The first-order chi connectivity index (χ1) is 24.4. The summed E-state index contributed by atoms with van der Waals surface area (Å²) in [6.07, 6.45) is 0.326. The summed E-state index contributed by atoms with van der Waals surface area (Å²) in [4.78, 5) is 70.4. The van der Waals surface area contributed by atoms with Gasteiger partial charge in [0.25, 0.3) is 0 Å². The molecule has 0 saturated carbocycles. The van der Waals surface area contributed by atoms with E-state index in [4.69, 9.17) is 18.9 Å². The van der Waals surface area contributed by atoms with E-state index < -0.39 is 60.0 Å². The number of alkyl carbamates (subject to hydrolysis) is 1. The van der Waals surface area contributed by atoms with Crippen molar-refractivity contribution in [3.63, 3.8) is 0 Å². The largest absolute Gasteiger partial charge is 0.467 e. The smallest absolute Gasteiger partial charge is 0.408 e. The molecule has 1 heterocycles. The van der Waals surface area contributed by atoms with Gasteiger partial charge in [-0.2, -0.15) is 0 Å². The minimum absolute atomic E-state index is 0.00995. The fourth-order valence-corrected chi connectivity index (χ4v) is 6.96. The van der Waals surface area contributed by atoms with Crippen LogP contribution in [0.2, 0.25) is 0 Å². The van der Waals surface area contributed by atoms with Crippen molar-refractivity contribution in [1.29, 1.82) is 0 Å². The molecule has 294 valence electrons. The average Bonchev–Trinajstić information content (AvgIpc) is 3.58. The standard InChI is InChI=1S/C39H64N4O9/c1-13-25(4)33(42(9)36(46)32(24(2)3)41-38(48)52-39(6,7)8)30(49-10)23-31(44)43-21-17-20-29(43)34(50-11)26(5)35(45)40-28(37(47)51-12)22-27-18-15-14-16-19-27/h14-16,18-19,24-26,28-30,32-34H,13,17,20-23H2,1-12H3,(H,40,45)(H,41,48)/t25-,26+,28?,29?,30+,32?,33-,34+/m0/s1. The third kappa shape index (κ3) is 12.5. The molecule has 1 fully saturated rings. The van der Waals surface area contributed by atoms with E-state index in [-0.39, 0.29) is 42.4 Å². The van der Waals surface area contributed by atoms with Gasteiger partial charge in [-0.1, -0.05) is 71.4 Å². The van der Waals surface area contributed by atoms with Gasteiger partial charge in [-0.3, -0.25) is 14.4 Å². The molecule has 13 nitrogen and oxygen atoms in total. The lowest BCUT2D eigenvalue weighted by Crippen LogP contribution is -2.58. The van der Waals surface area contributed by atoms with Crippen molar-refractivity contribution < 1.29 is 42.9 Å². The molecule has 2 N–H and O–H groups in total. The summed E-state index contributed by atoms with van der Waals surface area (Å²) >= 11 is 0. The number of likely N-dealkylation sites (N-methyl/N-ethyl adjacent to an activating group) is 1. The van der Waals surface area contributed by atoms with Gasteiger partial charge in [-0.25, -0.2) is 9.59 Å². The summed E-state index contributed by atoms with van der Waals surface area (Å²) in [6, 6.07) is 6.72. The van der Waals surface area contributed by atoms with Gasteiger partial charge in [0.2, 0.25) is 17.7 Å². The molecule has 52 heavy (non-hydrogen) atoms. The highest BCUT2D eigenvalue weighted by Gasteiger charge is 2.43. The van der Waals surface area contributed by atoms with Crippen molar-refractivity contribution in [3.8, 4) is 0 Å². The van der Waals surface area contributed by atoms with E-state index in [1.54, 1.807) is 44.5 Å². The second kappa shape index (κ2) is 20.5. The van der Waals surface area contributed by atoms with Crippen LogP contribution in [-0.4, -0.2) is 116 Å². The Morgan fingerprint density at radius 2 is 1.60 bits per heavy atom. The molecule has 1 aliphatic heterocycles. The lowest BCUT2D eigenvalue weighted by atomic mass is 9.89. The van der Waals surface area contributed by atoms with Gasteiger partial charge in [0.15, 0.2) is 0 Å². The Hall–Kier alpha value is -3.71. The molecule has 1 aromatic carbocycles. The average molecular weight is 733 g/mol. The van der Waals surface area contributed by atoms with Crippen molar-refractivity contribution in [2.45, 2.75) is 129 Å². The number of likely N-dealkylation sites (tertiary alicyclic amines) is 1. The van der Waals surface area contributed by atoms with Gasteiger partial charge in [-0.05, 0) is 51.0 Å². The minimum Gasteiger partial charge on any atom is -0.467 e. The summed E-state index contributed by atoms with van der Waals surface area (Å²) in [5, 5.41) is 5.59. The van der Waals surface area contributed by atoms with Gasteiger partial charge in [0.05, 0.1) is 43.7 Å². The van der Waals surface area contributed by atoms with E-state index in [2.05, 4.69) is 10.6 Å². The van der Waals surface area contributed by atoms with E-state index in [9.17, 15) is 24.0 Å². The number of hydrogen-bond donors (Lipinski definition) is 2. The number of nitrogens with one attached hydrogen (secondary N) is 2. The zero-order valence-corrected chi connectivity index (χ0v) is 33.4. The van der Waals surface area contributed by atoms with Gasteiger partial charge in [0, 0.05) is 34.2 Å². The van der Waals surface area contributed by atoms with Gasteiger partial charge in [-0.15, -0.1) is 0 Å². The quantitative estimate of drug-likeness (QED) is 0.210. The van der Waals surface area contributed by atoms with E-state index in [1.165, 1.54) is 21.3 Å². The summed E-state index contributed by atoms with van der Waals surface area (Å²) in [7, 11) is 6.02. The first-order valence-corrected chi connectivity index (χ1v) is 18.4. The lowest BCUT2D eigenvalue weighted by Gasteiger charge is -2.40. The van der Waals surface area contributed by atoms with Crippen LogP contribution in [0.25, 0.3) is 0 Å². The second-order valence-electron chi connectivity index (χ2n) is 15.2. The van der Waals surface area contributed by atoms with Crippen molar-refractivity contribution >= 4 is 29.8 Å². The molecule has 1 aliphatic rings. The van der Waals surface area contributed by atoms with Crippen LogP contribution >= 0.6 is 0 Å². The molecule has 1 aromatic rings. The number of methoxy groups -OCH3 is 3. The van der Waals surface area contributed by atoms with Gasteiger partial charge >= 0.3 is 12.1 Å². The van der Waals surface area contributed by atoms with Crippen molar-refractivity contribution in [3.05, 3.63) is 35.9 Å². The maximum Gasteiger partial charge on any atom is 0.408 e. The molecule has 8 atom stereocenters. The molecule has 0 aromatic heterocycles. The molecule has 0 radical (unpaired) electrons. The number of esters is 1. The summed E-state index contributed by atoms with van der Waals surface area (Å²) in [5.74, 6) is -2.42. The Kier molecular flexibility index (Phi) is 17.5. The Balaban J connectivity index is 2.26. The number of ether oxygens (including phenoxy) is 4. The van der Waals surface area contributed by atoms with Crippen LogP contribution in [0, 0.1) is 17.8 Å². The molecule has 3 unspecified atom stereocenters. The number of hydrogen-bond acceptors (Lipinski definition) is 9. The molecule has 0 bridgehead atoms. The number of carbonyl (C=O) groups is 5. The fourth-order valence-electron chi connectivity index (χ4n) is 6.96. The highest BCUT2D eigenvalue weighted by molar-refractivity contribution is 5.87. The third-order valence-corrected chi connectivity index (χ3v) is 9.95. The predicted octanol–water partition coefficient (Wildman–Crippen LogP) is 4.36. The molecule has 4 amide bonds. The van der Waals surface area contributed by atoms with Crippen LogP contribution in [0.4, 0.5) is 4.79 Å². The first-order valence-electron chi connectivity index (χ1n) is 18.4. The Bertz CT molecular complexity index is 1320. The molecule has 13 heteroatoms. The van der Waals surface area contributed by atoms with Crippen molar-refractivity contribution in [1.82, 2.24) is 20.4 Å². The summed E-state index contributed by atoms with van der Waals surface area (Å²) in [6.45, 7) is 15.2. The van der Waals surface area contributed by atoms with Gasteiger partial charge < -0.3 is 39.4 Å². The lowest BCUT2D eigenvalue weighted by molar-refractivity contribution is -0.148. The molecular weight excluding hydrogens is 668 g/mol. The number of amides is 4. The van der Waals surface area contributed by atoms with E-state index >= 15 is 0 Å². The molecule has 0 aliphatic carbocycles. The van der Waals surface area contributed by atoms with Crippen LogP contribution < -0.4 is 10.6 Å².